The maximum absolute atomic E-state index is 13.0. The van der Waals surface area contributed by atoms with Gasteiger partial charge in [-0.2, -0.15) is 0 Å². The lowest BCUT2D eigenvalue weighted by atomic mass is 10.0. The first-order valence-corrected chi connectivity index (χ1v) is 9.42. The van der Waals surface area contributed by atoms with Crippen LogP contribution in [-0.2, 0) is 0 Å². The number of rotatable bonds is 5. The molecule has 2 aromatic carbocycles. The lowest BCUT2D eigenvalue weighted by molar-refractivity contribution is 0.0691. The standard InChI is InChI=1S/C22H26N2O4/c1-15-7-4-5-8-17(15)21(25)23-16-11-13-24(14-12-16)22(26)20-18(27-2)9-6-10-19(20)28-3/h4-10,16H,11-14H2,1-3H3,(H,23,25). The highest BCUT2D eigenvalue weighted by Gasteiger charge is 2.28. The molecule has 2 amide bonds. The molecule has 1 N–H and O–H groups in total. The first kappa shape index (κ1) is 19.7. The number of carbonyl (C=O) groups is 2. The Balaban J connectivity index is 1.64. The Morgan fingerprint density at radius 1 is 0.964 bits per heavy atom. The average Bonchev–Trinajstić information content (AvgIpc) is 2.73. The second-order valence-corrected chi connectivity index (χ2v) is 6.89. The molecule has 0 atom stereocenters. The molecular weight excluding hydrogens is 356 g/mol. The van der Waals surface area contributed by atoms with Crippen molar-refractivity contribution < 1.29 is 19.1 Å². The van der Waals surface area contributed by atoms with Gasteiger partial charge < -0.3 is 19.7 Å². The number of methoxy groups -OCH3 is 2. The smallest absolute Gasteiger partial charge is 0.261 e. The molecule has 0 unspecified atom stereocenters. The number of likely N-dealkylation sites (tertiary alicyclic amines) is 1. The van der Waals surface area contributed by atoms with E-state index in [0.717, 1.165) is 5.56 Å². The molecular formula is C22H26N2O4. The Hall–Kier alpha value is -3.02. The van der Waals surface area contributed by atoms with Gasteiger partial charge in [0.05, 0.1) is 14.2 Å². The van der Waals surface area contributed by atoms with E-state index in [9.17, 15) is 9.59 Å². The topological polar surface area (TPSA) is 67.9 Å². The number of hydrogen-bond acceptors (Lipinski definition) is 4. The van der Waals surface area contributed by atoms with Gasteiger partial charge in [0.2, 0.25) is 0 Å². The van der Waals surface area contributed by atoms with Crippen LogP contribution in [0.1, 0.15) is 39.1 Å². The summed E-state index contributed by atoms with van der Waals surface area (Å²) in [5.41, 5.74) is 2.09. The summed E-state index contributed by atoms with van der Waals surface area (Å²) in [6, 6.07) is 12.9. The van der Waals surface area contributed by atoms with Gasteiger partial charge in [-0.3, -0.25) is 9.59 Å². The molecule has 0 aliphatic carbocycles. The molecule has 3 rings (SSSR count). The Kier molecular flexibility index (Phi) is 6.19. The van der Waals surface area contributed by atoms with Gasteiger partial charge in [0.15, 0.2) is 0 Å². The number of piperidine rings is 1. The van der Waals surface area contributed by atoms with Crippen LogP contribution in [0.5, 0.6) is 11.5 Å². The Bertz CT molecular complexity index is 835. The van der Waals surface area contributed by atoms with Crippen molar-refractivity contribution in [2.24, 2.45) is 0 Å². The maximum Gasteiger partial charge on any atom is 0.261 e. The van der Waals surface area contributed by atoms with Crippen LogP contribution in [0.25, 0.3) is 0 Å². The number of nitrogens with one attached hydrogen (secondary N) is 1. The number of benzene rings is 2. The molecule has 6 nitrogen and oxygen atoms in total. The number of nitrogens with zero attached hydrogens (tertiary/aromatic N) is 1. The third-order valence-corrected chi connectivity index (χ3v) is 5.15. The summed E-state index contributed by atoms with van der Waals surface area (Å²) in [5.74, 6) is 0.825. The monoisotopic (exact) mass is 382 g/mol. The van der Waals surface area contributed by atoms with Crippen molar-refractivity contribution in [1.82, 2.24) is 10.2 Å². The van der Waals surface area contributed by atoms with Crippen molar-refractivity contribution in [1.29, 1.82) is 0 Å². The fourth-order valence-corrected chi connectivity index (χ4v) is 3.54. The molecule has 1 fully saturated rings. The first-order chi connectivity index (χ1) is 13.5. The van der Waals surface area contributed by atoms with Gasteiger partial charge in [-0.15, -0.1) is 0 Å². The quantitative estimate of drug-likeness (QED) is 0.863. The van der Waals surface area contributed by atoms with Gasteiger partial charge in [0, 0.05) is 24.7 Å². The summed E-state index contributed by atoms with van der Waals surface area (Å²) >= 11 is 0. The summed E-state index contributed by atoms with van der Waals surface area (Å²) in [5, 5.41) is 3.09. The largest absolute Gasteiger partial charge is 0.496 e. The van der Waals surface area contributed by atoms with Gasteiger partial charge in [0.25, 0.3) is 11.8 Å². The lowest BCUT2D eigenvalue weighted by Crippen LogP contribution is -2.46. The Morgan fingerprint density at radius 3 is 2.14 bits per heavy atom. The van der Waals surface area contributed by atoms with E-state index < -0.39 is 0 Å². The molecule has 28 heavy (non-hydrogen) atoms. The number of carbonyl (C=O) groups excluding carboxylic acids is 2. The second-order valence-electron chi connectivity index (χ2n) is 6.89. The van der Waals surface area contributed by atoms with E-state index in [0.29, 0.717) is 48.6 Å². The van der Waals surface area contributed by atoms with Crippen LogP contribution in [-0.4, -0.2) is 50.1 Å². The number of ether oxygens (including phenoxy) is 2. The van der Waals surface area contributed by atoms with Gasteiger partial charge in [-0.1, -0.05) is 24.3 Å². The number of amides is 2. The average molecular weight is 382 g/mol. The van der Waals surface area contributed by atoms with Crippen LogP contribution in [0, 0.1) is 6.92 Å². The van der Waals surface area contributed by atoms with E-state index in [1.807, 2.05) is 31.2 Å². The summed E-state index contributed by atoms with van der Waals surface area (Å²) in [6.07, 6.45) is 1.42. The highest BCUT2D eigenvalue weighted by atomic mass is 16.5. The molecule has 2 aromatic rings. The maximum atomic E-state index is 13.0. The predicted molar refractivity (Wildman–Crippen MR) is 107 cm³/mol. The van der Waals surface area contributed by atoms with Crippen molar-refractivity contribution in [3.63, 3.8) is 0 Å². The van der Waals surface area contributed by atoms with E-state index in [-0.39, 0.29) is 17.9 Å². The van der Waals surface area contributed by atoms with Gasteiger partial charge >= 0.3 is 0 Å². The Labute approximate surface area is 165 Å². The highest BCUT2D eigenvalue weighted by molar-refractivity contribution is 6.00. The molecule has 148 valence electrons. The highest BCUT2D eigenvalue weighted by Crippen LogP contribution is 2.30. The molecule has 6 heteroatoms. The molecule has 0 spiro atoms. The van der Waals surface area contributed by atoms with Crippen LogP contribution in [0.3, 0.4) is 0 Å². The van der Waals surface area contributed by atoms with Crippen LogP contribution >= 0.6 is 0 Å². The molecule has 1 aliphatic heterocycles. The van der Waals surface area contributed by atoms with Gasteiger partial charge in [0.1, 0.15) is 17.1 Å². The minimum atomic E-state index is -0.113. The van der Waals surface area contributed by atoms with Gasteiger partial charge in [-0.05, 0) is 43.5 Å². The summed E-state index contributed by atoms with van der Waals surface area (Å²) < 4.78 is 10.7. The summed E-state index contributed by atoms with van der Waals surface area (Å²) in [6.45, 7) is 3.06. The second kappa shape index (κ2) is 8.78. The molecule has 1 heterocycles. The van der Waals surface area contributed by atoms with E-state index in [1.54, 1.807) is 37.3 Å². The molecule has 1 aliphatic rings. The lowest BCUT2D eigenvalue weighted by Gasteiger charge is -2.33. The van der Waals surface area contributed by atoms with Crippen molar-refractivity contribution in [2.75, 3.05) is 27.3 Å². The van der Waals surface area contributed by atoms with Crippen LogP contribution in [0.4, 0.5) is 0 Å². The van der Waals surface area contributed by atoms with E-state index in [1.165, 1.54) is 0 Å². The zero-order valence-corrected chi connectivity index (χ0v) is 16.5. The van der Waals surface area contributed by atoms with Crippen molar-refractivity contribution in [3.8, 4) is 11.5 Å². The fraction of sp³-hybridized carbons (Fsp3) is 0.364. The molecule has 0 bridgehead atoms. The number of aryl methyl sites for hydroxylation is 1. The third-order valence-electron chi connectivity index (χ3n) is 5.15. The SMILES string of the molecule is COc1cccc(OC)c1C(=O)N1CCC(NC(=O)c2ccccc2C)CC1. The summed E-state index contributed by atoms with van der Waals surface area (Å²) in [7, 11) is 3.08. The van der Waals surface area contributed by atoms with Crippen molar-refractivity contribution in [2.45, 2.75) is 25.8 Å². The van der Waals surface area contributed by atoms with Crippen LogP contribution in [0.2, 0.25) is 0 Å². The van der Waals surface area contributed by atoms with E-state index in [4.69, 9.17) is 9.47 Å². The molecule has 0 saturated carbocycles. The van der Waals surface area contributed by atoms with E-state index in [2.05, 4.69) is 5.32 Å². The third kappa shape index (κ3) is 4.11. The van der Waals surface area contributed by atoms with Crippen molar-refractivity contribution in [3.05, 3.63) is 59.2 Å². The minimum absolute atomic E-state index is 0.0516. The van der Waals surface area contributed by atoms with Gasteiger partial charge in [-0.25, -0.2) is 0 Å². The molecule has 1 saturated heterocycles. The minimum Gasteiger partial charge on any atom is -0.496 e. The normalized spacial score (nSPS) is 14.5. The Morgan fingerprint density at radius 2 is 1.57 bits per heavy atom. The zero-order valence-electron chi connectivity index (χ0n) is 16.5. The molecule has 0 radical (unpaired) electrons. The van der Waals surface area contributed by atoms with Crippen LogP contribution < -0.4 is 14.8 Å². The van der Waals surface area contributed by atoms with Crippen LogP contribution in [0.15, 0.2) is 42.5 Å². The summed E-state index contributed by atoms with van der Waals surface area (Å²) in [4.78, 5) is 27.3. The zero-order chi connectivity index (χ0) is 20.1. The van der Waals surface area contributed by atoms with Crippen molar-refractivity contribution >= 4 is 11.8 Å². The predicted octanol–water partition coefficient (Wildman–Crippen LogP) is 3.05. The fourth-order valence-electron chi connectivity index (χ4n) is 3.54. The number of hydrogen-bond donors (Lipinski definition) is 1. The van der Waals surface area contributed by atoms with E-state index >= 15 is 0 Å². The molecule has 0 aromatic heterocycles. The first-order valence-electron chi connectivity index (χ1n) is 9.42.